The number of halogens is 1. The summed E-state index contributed by atoms with van der Waals surface area (Å²) in [7, 11) is 1.37. The van der Waals surface area contributed by atoms with Gasteiger partial charge in [0.15, 0.2) is 0 Å². The van der Waals surface area contributed by atoms with Crippen LogP contribution in [0.1, 0.15) is 30.0 Å². The van der Waals surface area contributed by atoms with Crippen LogP contribution in [0.15, 0.2) is 18.2 Å². The van der Waals surface area contributed by atoms with Crippen LogP contribution in [0.3, 0.4) is 0 Å². The van der Waals surface area contributed by atoms with E-state index in [1.165, 1.54) is 7.11 Å². The summed E-state index contributed by atoms with van der Waals surface area (Å²) in [6.07, 6.45) is 0.845. The summed E-state index contributed by atoms with van der Waals surface area (Å²) in [4.78, 5) is 11.0. The van der Waals surface area contributed by atoms with Crippen LogP contribution < -0.4 is 5.73 Å². The number of nitrogens with two attached hydrogens (primary N) is 1. The van der Waals surface area contributed by atoms with Crippen molar-refractivity contribution in [3.05, 3.63) is 34.3 Å². The molecule has 3 nitrogen and oxygen atoms in total. The van der Waals surface area contributed by atoms with Crippen molar-refractivity contribution >= 4 is 17.6 Å². The van der Waals surface area contributed by atoms with Crippen LogP contribution in [0.2, 0.25) is 5.02 Å². The highest BCUT2D eigenvalue weighted by atomic mass is 35.5. The fourth-order valence-corrected chi connectivity index (χ4v) is 1.75. The lowest BCUT2D eigenvalue weighted by Gasteiger charge is -2.14. The van der Waals surface area contributed by atoms with E-state index in [2.05, 4.69) is 4.74 Å². The van der Waals surface area contributed by atoms with Gasteiger partial charge in [-0.1, -0.05) is 29.8 Å². The molecule has 0 saturated heterocycles. The summed E-state index contributed by atoms with van der Waals surface area (Å²) in [5.41, 5.74) is 7.85. The molecule has 0 fully saturated rings. The third-order valence-electron chi connectivity index (χ3n) is 2.51. The van der Waals surface area contributed by atoms with Gasteiger partial charge in [0.25, 0.3) is 0 Å². The minimum atomic E-state index is -0.251. The Labute approximate surface area is 101 Å². The molecule has 88 valence electrons. The van der Waals surface area contributed by atoms with Crippen molar-refractivity contribution in [1.82, 2.24) is 0 Å². The average molecular weight is 242 g/mol. The highest BCUT2D eigenvalue weighted by Crippen LogP contribution is 2.27. The number of hydrogen-bond acceptors (Lipinski definition) is 3. The molecule has 2 N–H and O–H groups in total. The second kappa shape index (κ2) is 5.87. The smallest absolute Gasteiger partial charge is 0.305 e. The van der Waals surface area contributed by atoms with Crippen molar-refractivity contribution in [1.29, 1.82) is 0 Å². The predicted molar refractivity (Wildman–Crippen MR) is 64.4 cm³/mol. The number of esters is 1. The Morgan fingerprint density at radius 1 is 1.56 bits per heavy atom. The number of rotatable bonds is 4. The van der Waals surface area contributed by atoms with Gasteiger partial charge in [-0.05, 0) is 24.5 Å². The van der Waals surface area contributed by atoms with Crippen molar-refractivity contribution in [3.8, 4) is 0 Å². The largest absolute Gasteiger partial charge is 0.469 e. The number of methoxy groups -OCH3 is 1. The Hall–Kier alpha value is -1.06. The van der Waals surface area contributed by atoms with Gasteiger partial charge in [0.1, 0.15) is 0 Å². The van der Waals surface area contributed by atoms with Crippen LogP contribution in [0.5, 0.6) is 0 Å². The molecule has 4 heteroatoms. The molecule has 0 radical (unpaired) electrons. The maximum Gasteiger partial charge on any atom is 0.305 e. The summed E-state index contributed by atoms with van der Waals surface area (Å²) in [5.74, 6) is -0.251. The Balaban J connectivity index is 2.69. The predicted octanol–water partition coefficient (Wildman–Crippen LogP) is 2.60. The molecule has 0 amide bonds. The van der Waals surface area contributed by atoms with Gasteiger partial charge in [0.2, 0.25) is 0 Å². The number of carbonyl (C=O) groups excluding carboxylic acids is 1. The minimum absolute atomic E-state index is 0.230. The summed E-state index contributed by atoms with van der Waals surface area (Å²) >= 11 is 6.14. The molecule has 0 aliphatic heterocycles. The van der Waals surface area contributed by atoms with Crippen LogP contribution >= 0.6 is 11.6 Å². The first kappa shape index (κ1) is 13.0. The Kier molecular flexibility index (Phi) is 4.77. The highest BCUT2D eigenvalue weighted by Gasteiger charge is 2.13. The van der Waals surface area contributed by atoms with Gasteiger partial charge in [-0.25, -0.2) is 0 Å². The highest BCUT2D eigenvalue weighted by molar-refractivity contribution is 6.32. The van der Waals surface area contributed by atoms with Crippen molar-refractivity contribution < 1.29 is 9.53 Å². The maximum atomic E-state index is 11.0. The van der Waals surface area contributed by atoms with E-state index in [1.54, 1.807) is 0 Å². The second-order valence-corrected chi connectivity index (χ2v) is 4.08. The van der Waals surface area contributed by atoms with Gasteiger partial charge < -0.3 is 10.5 Å². The Morgan fingerprint density at radius 2 is 2.25 bits per heavy atom. The molecular weight excluding hydrogens is 226 g/mol. The van der Waals surface area contributed by atoms with Crippen LogP contribution in [0.4, 0.5) is 0 Å². The fraction of sp³-hybridized carbons (Fsp3) is 0.417. The molecule has 0 aromatic heterocycles. The normalized spacial score (nSPS) is 12.2. The molecule has 1 aromatic carbocycles. The zero-order chi connectivity index (χ0) is 12.1. The van der Waals surface area contributed by atoms with Crippen molar-refractivity contribution in [2.24, 2.45) is 5.73 Å². The first-order chi connectivity index (χ1) is 7.56. The molecule has 0 heterocycles. The minimum Gasteiger partial charge on any atom is -0.469 e. The van der Waals surface area contributed by atoms with Crippen molar-refractivity contribution in [2.75, 3.05) is 7.11 Å². The molecule has 1 atom stereocenters. The first-order valence-corrected chi connectivity index (χ1v) is 5.51. The molecule has 1 aromatic rings. The quantitative estimate of drug-likeness (QED) is 0.825. The lowest BCUT2D eigenvalue weighted by Crippen LogP contribution is -2.13. The zero-order valence-electron chi connectivity index (χ0n) is 9.50. The maximum absolute atomic E-state index is 11.0. The molecular formula is C12H16ClNO2. The summed E-state index contributed by atoms with van der Waals surface area (Å²) in [6.45, 7) is 1.93. The first-order valence-electron chi connectivity index (χ1n) is 5.13. The van der Waals surface area contributed by atoms with Crippen LogP contribution in [-0.2, 0) is 9.53 Å². The molecule has 0 spiro atoms. The molecule has 16 heavy (non-hydrogen) atoms. The summed E-state index contributed by atoms with van der Waals surface area (Å²) < 4.78 is 4.56. The summed E-state index contributed by atoms with van der Waals surface area (Å²) in [6, 6.07) is 5.50. The number of ether oxygens (including phenoxy) is 1. The lowest BCUT2D eigenvalue weighted by molar-refractivity contribution is -0.140. The lowest BCUT2D eigenvalue weighted by atomic mass is 10.0. The number of benzene rings is 1. The van der Waals surface area contributed by atoms with Crippen molar-refractivity contribution in [2.45, 2.75) is 25.8 Å². The summed E-state index contributed by atoms with van der Waals surface area (Å²) in [5, 5.41) is 0.680. The van der Waals surface area contributed by atoms with E-state index in [4.69, 9.17) is 17.3 Å². The van der Waals surface area contributed by atoms with Crippen LogP contribution in [-0.4, -0.2) is 13.1 Å². The molecule has 0 aliphatic carbocycles. The van der Waals surface area contributed by atoms with E-state index in [0.717, 1.165) is 11.1 Å². The number of aryl methyl sites for hydroxylation is 1. The van der Waals surface area contributed by atoms with E-state index in [-0.39, 0.29) is 12.0 Å². The second-order valence-electron chi connectivity index (χ2n) is 3.70. The van der Waals surface area contributed by atoms with Crippen LogP contribution in [0.25, 0.3) is 0 Å². The Morgan fingerprint density at radius 3 is 2.88 bits per heavy atom. The third-order valence-corrected chi connectivity index (χ3v) is 3.02. The molecule has 0 bridgehead atoms. The number of hydrogen-bond donors (Lipinski definition) is 1. The monoisotopic (exact) mass is 241 g/mol. The standard InChI is InChI=1S/C12H16ClNO2/c1-8-4-3-5-9(12(8)13)10(14)6-7-11(15)16-2/h3-5,10H,6-7,14H2,1-2H3. The SMILES string of the molecule is COC(=O)CCC(N)c1cccc(C)c1Cl. The zero-order valence-corrected chi connectivity index (χ0v) is 10.3. The third kappa shape index (κ3) is 3.22. The van der Waals surface area contributed by atoms with Gasteiger partial charge in [-0.3, -0.25) is 4.79 Å². The van der Waals surface area contributed by atoms with Gasteiger partial charge >= 0.3 is 5.97 Å². The van der Waals surface area contributed by atoms with Gasteiger partial charge in [0, 0.05) is 17.5 Å². The van der Waals surface area contributed by atoms with Crippen molar-refractivity contribution in [3.63, 3.8) is 0 Å². The van der Waals surface area contributed by atoms with Gasteiger partial charge in [-0.2, -0.15) is 0 Å². The molecule has 1 rings (SSSR count). The molecule has 1 unspecified atom stereocenters. The van der Waals surface area contributed by atoms with E-state index >= 15 is 0 Å². The number of carbonyl (C=O) groups is 1. The Bertz CT molecular complexity index is 379. The van der Waals surface area contributed by atoms with Crippen LogP contribution in [0, 0.1) is 6.92 Å². The average Bonchev–Trinajstić information content (AvgIpc) is 2.29. The van der Waals surface area contributed by atoms with E-state index in [9.17, 15) is 4.79 Å². The molecule has 0 saturated carbocycles. The topological polar surface area (TPSA) is 52.3 Å². The van der Waals surface area contributed by atoms with E-state index in [0.29, 0.717) is 17.9 Å². The molecule has 0 aliphatic rings. The van der Waals surface area contributed by atoms with E-state index < -0.39 is 0 Å². The van der Waals surface area contributed by atoms with Gasteiger partial charge in [-0.15, -0.1) is 0 Å². The van der Waals surface area contributed by atoms with Gasteiger partial charge in [0.05, 0.1) is 7.11 Å². The van der Waals surface area contributed by atoms with E-state index in [1.807, 2.05) is 25.1 Å². The fourth-order valence-electron chi connectivity index (χ4n) is 1.49.